The van der Waals surface area contributed by atoms with E-state index in [-0.39, 0.29) is 12.1 Å². The summed E-state index contributed by atoms with van der Waals surface area (Å²) in [4.78, 5) is 23.0. The second-order valence-corrected chi connectivity index (χ2v) is 5.47. The molecule has 1 saturated carbocycles. The third-order valence-corrected chi connectivity index (χ3v) is 4.02. The summed E-state index contributed by atoms with van der Waals surface area (Å²) >= 11 is 0. The number of hydrogen-bond donors (Lipinski definition) is 3. The summed E-state index contributed by atoms with van der Waals surface area (Å²) in [5, 5.41) is 13.9. The van der Waals surface area contributed by atoms with Crippen LogP contribution in [0.4, 0.5) is 4.79 Å². The van der Waals surface area contributed by atoms with Crippen LogP contribution in [0.1, 0.15) is 44.9 Å². The van der Waals surface area contributed by atoms with Gasteiger partial charge in [0.25, 0.3) is 0 Å². The Hall–Kier alpha value is -1.30. The number of carbonyl (C=O) groups is 2. The third kappa shape index (κ3) is 4.09. The van der Waals surface area contributed by atoms with Crippen LogP contribution in [0.15, 0.2) is 0 Å². The highest BCUT2D eigenvalue weighted by Gasteiger charge is 2.32. The van der Waals surface area contributed by atoms with Gasteiger partial charge in [0.15, 0.2) is 0 Å². The molecule has 1 aliphatic heterocycles. The van der Waals surface area contributed by atoms with E-state index < -0.39 is 11.9 Å². The monoisotopic (exact) mass is 269 g/mol. The van der Waals surface area contributed by atoms with Crippen LogP contribution in [0.3, 0.4) is 0 Å². The predicted octanol–water partition coefficient (Wildman–Crippen LogP) is 1.33. The van der Waals surface area contributed by atoms with Crippen LogP contribution in [0.5, 0.6) is 0 Å². The number of aliphatic carboxylic acids is 1. The van der Waals surface area contributed by atoms with E-state index in [1.54, 1.807) is 0 Å². The second-order valence-electron chi connectivity index (χ2n) is 5.47. The molecule has 2 atom stereocenters. The van der Waals surface area contributed by atoms with E-state index in [0.717, 1.165) is 45.2 Å². The molecule has 0 aromatic rings. The van der Waals surface area contributed by atoms with Crippen molar-refractivity contribution < 1.29 is 14.7 Å². The summed E-state index contributed by atoms with van der Waals surface area (Å²) in [5.41, 5.74) is 2.82. The van der Waals surface area contributed by atoms with Gasteiger partial charge in [-0.25, -0.2) is 9.80 Å². The molecule has 6 heteroatoms. The second kappa shape index (κ2) is 6.75. The molecule has 1 aliphatic carbocycles. The van der Waals surface area contributed by atoms with Crippen molar-refractivity contribution in [1.82, 2.24) is 15.8 Å². The largest absolute Gasteiger partial charge is 0.481 e. The SMILES string of the molecule is O=C(NC1CCCCC1C(=O)O)NN1CCCCC1. The molecule has 0 aromatic carbocycles. The highest BCUT2D eigenvalue weighted by atomic mass is 16.4. The minimum absolute atomic E-state index is 0.240. The van der Waals surface area contributed by atoms with Crippen LogP contribution >= 0.6 is 0 Å². The van der Waals surface area contributed by atoms with E-state index in [9.17, 15) is 9.59 Å². The summed E-state index contributed by atoms with van der Waals surface area (Å²) in [7, 11) is 0. The fourth-order valence-electron chi connectivity index (χ4n) is 2.95. The molecule has 0 radical (unpaired) electrons. The van der Waals surface area contributed by atoms with E-state index in [1.807, 2.05) is 5.01 Å². The van der Waals surface area contributed by atoms with E-state index >= 15 is 0 Å². The molecule has 2 fully saturated rings. The fourth-order valence-corrected chi connectivity index (χ4v) is 2.95. The van der Waals surface area contributed by atoms with Crippen molar-refractivity contribution in [2.45, 2.75) is 51.0 Å². The number of rotatable bonds is 3. The number of urea groups is 1. The number of carbonyl (C=O) groups excluding carboxylic acids is 1. The predicted molar refractivity (Wildman–Crippen MR) is 70.5 cm³/mol. The van der Waals surface area contributed by atoms with Gasteiger partial charge in [0.2, 0.25) is 0 Å². The normalized spacial score (nSPS) is 28.6. The Bertz CT molecular complexity index is 329. The van der Waals surface area contributed by atoms with Crippen LogP contribution in [0.25, 0.3) is 0 Å². The van der Waals surface area contributed by atoms with Gasteiger partial charge in [-0.1, -0.05) is 19.3 Å². The van der Waals surface area contributed by atoms with Crippen LogP contribution in [-0.2, 0) is 4.79 Å². The lowest BCUT2D eigenvalue weighted by Gasteiger charge is -2.31. The minimum Gasteiger partial charge on any atom is -0.481 e. The molecule has 2 amide bonds. The van der Waals surface area contributed by atoms with Gasteiger partial charge >= 0.3 is 12.0 Å². The van der Waals surface area contributed by atoms with Gasteiger partial charge in [-0.2, -0.15) is 0 Å². The first kappa shape index (κ1) is 14.1. The molecular weight excluding hydrogens is 246 g/mol. The lowest BCUT2D eigenvalue weighted by Crippen LogP contribution is -2.54. The number of hydrazine groups is 1. The Balaban J connectivity index is 1.80. The zero-order valence-corrected chi connectivity index (χ0v) is 11.2. The summed E-state index contributed by atoms with van der Waals surface area (Å²) in [6.07, 6.45) is 6.74. The number of nitrogens with zero attached hydrogens (tertiary/aromatic N) is 1. The molecule has 1 saturated heterocycles. The van der Waals surface area contributed by atoms with Gasteiger partial charge in [0.1, 0.15) is 0 Å². The van der Waals surface area contributed by atoms with Gasteiger partial charge < -0.3 is 10.4 Å². The highest BCUT2D eigenvalue weighted by Crippen LogP contribution is 2.24. The van der Waals surface area contributed by atoms with Gasteiger partial charge in [0, 0.05) is 19.1 Å². The van der Waals surface area contributed by atoms with Gasteiger partial charge in [-0.05, 0) is 25.7 Å². The van der Waals surface area contributed by atoms with Crippen molar-refractivity contribution in [3.63, 3.8) is 0 Å². The molecule has 1 heterocycles. The van der Waals surface area contributed by atoms with Crippen LogP contribution in [0.2, 0.25) is 0 Å². The molecule has 108 valence electrons. The van der Waals surface area contributed by atoms with E-state index in [0.29, 0.717) is 6.42 Å². The minimum atomic E-state index is -0.803. The smallest absolute Gasteiger partial charge is 0.329 e. The first-order chi connectivity index (χ1) is 9.16. The van der Waals surface area contributed by atoms with Crippen molar-refractivity contribution in [3.8, 4) is 0 Å². The maximum Gasteiger partial charge on any atom is 0.329 e. The molecular formula is C13H23N3O3. The molecule has 0 aromatic heterocycles. The van der Waals surface area contributed by atoms with E-state index in [1.165, 1.54) is 6.42 Å². The zero-order chi connectivity index (χ0) is 13.7. The molecule has 2 aliphatic rings. The Morgan fingerprint density at radius 2 is 1.68 bits per heavy atom. The maximum absolute atomic E-state index is 11.9. The van der Waals surface area contributed by atoms with Gasteiger partial charge in [-0.15, -0.1) is 0 Å². The van der Waals surface area contributed by atoms with E-state index in [4.69, 9.17) is 5.11 Å². The van der Waals surface area contributed by atoms with Crippen LogP contribution in [-0.4, -0.2) is 41.2 Å². The highest BCUT2D eigenvalue weighted by molar-refractivity contribution is 5.76. The summed E-state index contributed by atoms with van der Waals surface area (Å²) in [6.45, 7) is 1.75. The fraction of sp³-hybridized carbons (Fsp3) is 0.846. The Kier molecular flexibility index (Phi) is 5.01. The quantitative estimate of drug-likeness (QED) is 0.722. The summed E-state index contributed by atoms with van der Waals surface area (Å²) in [5.74, 6) is -1.25. The number of carboxylic acid groups (broad SMARTS) is 1. The Morgan fingerprint density at radius 3 is 2.37 bits per heavy atom. The molecule has 19 heavy (non-hydrogen) atoms. The van der Waals surface area contributed by atoms with Crippen molar-refractivity contribution in [1.29, 1.82) is 0 Å². The standard InChI is InChI=1S/C13H23N3O3/c17-12(18)10-6-2-3-7-11(10)14-13(19)15-16-8-4-1-5-9-16/h10-11H,1-9H2,(H,17,18)(H2,14,15,19). The zero-order valence-electron chi connectivity index (χ0n) is 11.2. The number of nitrogens with one attached hydrogen (secondary N) is 2. The number of carboxylic acids is 1. The van der Waals surface area contributed by atoms with Crippen LogP contribution < -0.4 is 10.7 Å². The average molecular weight is 269 g/mol. The molecule has 0 bridgehead atoms. The Morgan fingerprint density at radius 1 is 1.00 bits per heavy atom. The molecule has 2 rings (SSSR count). The summed E-state index contributed by atoms with van der Waals surface area (Å²) in [6, 6.07) is -0.504. The summed E-state index contributed by atoms with van der Waals surface area (Å²) < 4.78 is 0. The molecule has 3 N–H and O–H groups in total. The number of piperidine rings is 1. The van der Waals surface area contributed by atoms with Gasteiger partial charge in [-0.3, -0.25) is 10.2 Å². The topological polar surface area (TPSA) is 81.7 Å². The van der Waals surface area contributed by atoms with Gasteiger partial charge in [0.05, 0.1) is 5.92 Å². The van der Waals surface area contributed by atoms with E-state index in [2.05, 4.69) is 10.7 Å². The maximum atomic E-state index is 11.9. The average Bonchev–Trinajstić information content (AvgIpc) is 2.40. The van der Waals surface area contributed by atoms with Crippen molar-refractivity contribution in [2.24, 2.45) is 5.92 Å². The van der Waals surface area contributed by atoms with Crippen molar-refractivity contribution in [3.05, 3.63) is 0 Å². The third-order valence-electron chi connectivity index (χ3n) is 4.02. The molecule has 0 spiro atoms. The molecule has 2 unspecified atom stereocenters. The van der Waals surface area contributed by atoms with Crippen LogP contribution in [0, 0.1) is 5.92 Å². The van der Waals surface area contributed by atoms with Crippen molar-refractivity contribution >= 4 is 12.0 Å². The number of amides is 2. The lowest BCUT2D eigenvalue weighted by atomic mass is 9.84. The lowest BCUT2D eigenvalue weighted by molar-refractivity contribution is -0.143. The molecule has 6 nitrogen and oxygen atoms in total. The van der Waals surface area contributed by atoms with Crippen molar-refractivity contribution in [2.75, 3.05) is 13.1 Å². The first-order valence-corrected chi connectivity index (χ1v) is 7.22. The first-order valence-electron chi connectivity index (χ1n) is 7.22. The Labute approximate surface area is 113 Å². The number of hydrogen-bond acceptors (Lipinski definition) is 3.